The molecule has 218 valence electrons. The summed E-state index contributed by atoms with van der Waals surface area (Å²) in [5.41, 5.74) is 1.32. The fourth-order valence-electron chi connectivity index (χ4n) is 3.85. The number of anilines is 2. The van der Waals surface area contributed by atoms with Crippen molar-refractivity contribution in [3.05, 3.63) is 81.8 Å². The zero-order chi connectivity index (χ0) is 29.9. The van der Waals surface area contributed by atoms with Crippen LogP contribution >= 0.6 is 34.4 Å². The Kier molecular flexibility index (Phi) is 11.3. The molecule has 11 nitrogen and oxygen atoms in total. The van der Waals surface area contributed by atoms with Gasteiger partial charge in [0.25, 0.3) is 5.91 Å². The van der Waals surface area contributed by atoms with Crippen LogP contribution in [0.15, 0.2) is 60.7 Å². The van der Waals surface area contributed by atoms with E-state index in [1.165, 1.54) is 36.5 Å². The third-order valence-electron chi connectivity index (χ3n) is 5.71. The van der Waals surface area contributed by atoms with Gasteiger partial charge in [0.05, 0.1) is 5.92 Å². The molecule has 0 radical (unpaired) electrons. The number of thioether (sulfide) groups is 1. The number of amides is 2. The SMILES string of the molecule is CC(=O)C[C@@H](C(=O)Nc1nnc(CSCCc2nnc(NC(=O)[C@H](OC(C)=O)c3ccccc3)s2)s1)c1ccccc1. The van der Waals surface area contributed by atoms with Crippen LogP contribution in [0.1, 0.15) is 53.4 Å². The predicted octanol–water partition coefficient (Wildman–Crippen LogP) is 4.81. The first kappa shape index (κ1) is 30.9. The van der Waals surface area contributed by atoms with Gasteiger partial charge in [-0.15, -0.1) is 20.4 Å². The van der Waals surface area contributed by atoms with Crippen LogP contribution in [0.2, 0.25) is 0 Å². The number of carbonyl (C=O) groups excluding carboxylic acids is 4. The molecule has 2 aromatic carbocycles. The average Bonchev–Trinajstić information content (AvgIpc) is 3.62. The van der Waals surface area contributed by atoms with E-state index < -0.39 is 23.9 Å². The van der Waals surface area contributed by atoms with Gasteiger partial charge >= 0.3 is 5.97 Å². The third kappa shape index (κ3) is 9.26. The molecule has 14 heteroatoms. The molecule has 0 aliphatic rings. The predicted molar refractivity (Wildman–Crippen MR) is 162 cm³/mol. The molecule has 2 amide bonds. The van der Waals surface area contributed by atoms with E-state index in [1.54, 1.807) is 36.0 Å². The van der Waals surface area contributed by atoms with Gasteiger partial charge in [0.15, 0.2) is 0 Å². The molecule has 0 aliphatic heterocycles. The van der Waals surface area contributed by atoms with Crippen molar-refractivity contribution in [2.75, 3.05) is 16.4 Å². The normalized spacial score (nSPS) is 12.2. The van der Waals surface area contributed by atoms with Gasteiger partial charge in [0, 0.05) is 36.8 Å². The number of ether oxygens (including phenoxy) is 1. The van der Waals surface area contributed by atoms with Crippen LogP contribution < -0.4 is 10.6 Å². The molecule has 4 aromatic rings. The van der Waals surface area contributed by atoms with E-state index >= 15 is 0 Å². The van der Waals surface area contributed by atoms with Crippen molar-refractivity contribution in [2.45, 2.75) is 44.5 Å². The summed E-state index contributed by atoms with van der Waals surface area (Å²) >= 11 is 4.16. The lowest BCUT2D eigenvalue weighted by atomic mass is 9.93. The zero-order valence-electron chi connectivity index (χ0n) is 22.8. The smallest absolute Gasteiger partial charge is 0.303 e. The number of rotatable bonds is 14. The fourth-order valence-corrected chi connectivity index (χ4v) is 6.46. The van der Waals surface area contributed by atoms with Gasteiger partial charge in [-0.3, -0.25) is 29.8 Å². The van der Waals surface area contributed by atoms with E-state index in [9.17, 15) is 19.2 Å². The summed E-state index contributed by atoms with van der Waals surface area (Å²) in [6.07, 6.45) is -0.364. The van der Waals surface area contributed by atoms with Gasteiger partial charge < -0.3 is 4.74 Å². The van der Waals surface area contributed by atoms with Gasteiger partial charge in [0.2, 0.25) is 22.3 Å². The Morgan fingerprint density at radius 2 is 1.36 bits per heavy atom. The first-order chi connectivity index (χ1) is 20.3. The molecule has 42 heavy (non-hydrogen) atoms. The van der Waals surface area contributed by atoms with Crippen LogP contribution in [0.25, 0.3) is 0 Å². The largest absolute Gasteiger partial charge is 0.447 e. The summed E-state index contributed by atoms with van der Waals surface area (Å²) in [6, 6.07) is 17.9. The highest BCUT2D eigenvalue weighted by molar-refractivity contribution is 7.98. The number of nitrogens with one attached hydrogen (secondary N) is 2. The number of ketones is 1. The minimum Gasteiger partial charge on any atom is -0.447 e. The number of carbonyl (C=O) groups is 4. The first-order valence-electron chi connectivity index (χ1n) is 12.9. The molecule has 0 fully saturated rings. The van der Waals surface area contributed by atoms with Gasteiger partial charge in [-0.1, -0.05) is 83.3 Å². The summed E-state index contributed by atoms with van der Waals surface area (Å²) in [4.78, 5) is 49.0. The Bertz CT molecular complexity index is 1400. The molecule has 0 unspecified atom stereocenters. The summed E-state index contributed by atoms with van der Waals surface area (Å²) in [7, 11) is 0. The van der Waals surface area contributed by atoms with Gasteiger partial charge in [0.1, 0.15) is 15.8 Å². The summed E-state index contributed by atoms with van der Waals surface area (Å²) in [6.45, 7) is 2.72. The van der Waals surface area contributed by atoms with Crippen LogP contribution in [-0.2, 0) is 36.1 Å². The monoisotopic (exact) mass is 624 g/mol. The van der Waals surface area contributed by atoms with E-state index in [0.717, 1.165) is 21.3 Å². The number of nitrogens with zero attached hydrogens (tertiary/aromatic N) is 4. The lowest BCUT2D eigenvalue weighted by Gasteiger charge is -2.15. The number of Topliss-reactive ketones (excluding diaryl/α,β-unsaturated/α-hetero) is 1. The topological polar surface area (TPSA) is 153 Å². The van der Waals surface area contributed by atoms with E-state index in [4.69, 9.17) is 4.74 Å². The Hall–Kier alpha value is -4.01. The van der Waals surface area contributed by atoms with E-state index in [1.807, 2.05) is 36.4 Å². The highest BCUT2D eigenvalue weighted by atomic mass is 32.2. The van der Waals surface area contributed by atoms with Crippen molar-refractivity contribution in [3.63, 3.8) is 0 Å². The molecule has 2 aromatic heterocycles. The van der Waals surface area contributed by atoms with E-state index in [2.05, 4.69) is 31.0 Å². The van der Waals surface area contributed by atoms with Crippen molar-refractivity contribution in [2.24, 2.45) is 0 Å². The lowest BCUT2D eigenvalue weighted by molar-refractivity contribution is -0.152. The molecule has 0 spiro atoms. The average molecular weight is 625 g/mol. The Morgan fingerprint density at radius 1 is 0.786 bits per heavy atom. The Morgan fingerprint density at radius 3 is 1.98 bits per heavy atom. The summed E-state index contributed by atoms with van der Waals surface area (Å²) < 4.78 is 5.22. The molecule has 0 bridgehead atoms. The van der Waals surface area contributed by atoms with Crippen LogP contribution in [0.4, 0.5) is 10.3 Å². The number of aromatic nitrogens is 4. The first-order valence-corrected chi connectivity index (χ1v) is 15.7. The van der Waals surface area contributed by atoms with Crippen molar-refractivity contribution in [1.29, 1.82) is 0 Å². The van der Waals surface area contributed by atoms with Crippen molar-refractivity contribution < 1.29 is 23.9 Å². The minimum absolute atomic E-state index is 0.0725. The van der Waals surface area contributed by atoms with E-state index in [0.29, 0.717) is 28.0 Å². The van der Waals surface area contributed by atoms with Crippen LogP contribution in [0, 0.1) is 0 Å². The number of hydrogen-bond donors (Lipinski definition) is 2. The summed E-state index contributed by atoms with van der Waals surface area (Å²) in [5, 5.41) is 24.1. The van der Waals surface area contributed by atoms with Crippen LogP contribution in [-0.4, -0.2) is 49.7 Å². The standard InChI is InChI=1S/C28H28N6O5S3/c1-17(35)15-21(19-9-5-3-6-10-19)25(37)29-27-34-32-23(42-27)16-40-14-13-22-31-33-28(41-22)30-26(38)24(39-18(2)36)20-11-7-4-8-12-20/h3-12,21,24H,13-16H2,1-2H3,(H,29,34,37)(H,30,33,38)/t21-,24-/m1/s1. The number of aryl methyl sites for hydroxylation is 1. The second-order valence-corrected chi connectivity index (χ2v) is 12.3. The fraction of sp³-hybridized carbons (Fsp3) is 0.286. The molecular weight excluding hydrogens is 597 g/mol. The van der Waals surface area contributed by atoms with Gasteiger partial charge in [-0.25, -0.2) is 0 Å². The van der Waals surface area contributed by atoms with Crippen molar-refractivity contribution in [1.82, 2.24) is 20.4 Å². The molecule has 2 atom stereocenters. The van der Waals surface area contributed by atoms with Crippen LogP contribution in [0.3, 0.4) is 0 Å². The quantitative estimate of drug-likeness (QED) is 0.148. The van der Waals surface area contributed by atoms with Gasteiger partial charge in [-0.05, 0) is 12.5 Å². The molecule has 0 saturated heterocycles. The number of hydrogen-bond acceptors (Lipinski definition) is 12. The van der Waals surface area contributed by atoms with Crippen molar-refractivity contribution in [3.8, 4) is 0 Å². The highest BCUT2D eigenvalue weighted by Gasteiger charge is 2.25. The maximum absolute atomic E-state index is 12.9. The van der Waals surface area contributed by atoms with Crippen LogP contribution in [0.5, 0.6) is 0 Å². The molecule has 0 saturated carbocycles. The zero-order valence-corrected chi connectivity index (χ0v) is 25.3. The number of benzene rings is 2. The molecule has 2 heterocycles. The summed E-state index contributed by atoms with van der Waals surface area (Å²) in [5.74, 6) is -0.735. The molecule has 4 rings (SSSR count). The molecule has 2 N–H and O–H groups in total. The van der Waals surface area contributed by atoms with Crippen molar-refractivity contribution >= 4 is 68.3 Å². The molecule has 0 aliphatic carbocycles. The second-order valence-electron chi connectivity index (χ2n) is 9.05. The Balaban J connectivity index is 1.24. The number of esters is 1. The lowest BCUT2D eigenvalue weighted by Crippen LogP contribution is -2.25. The maximum atomic E-state index is 12.9. The second kappa shape index (κ2) is 15.3. The minimum atomic E-state index is -1.09. The maximum Gasteiger partial charge on any atom is 0.303 e. The highest BCUT2D eigenvalue weighted by Crippen LogP contribution is 2.26. The molecular formula is C28H28N6O5S3. The van der Waals surface area contributed by atoms with E-state index in [-0.39, 0.29) is 18.1 Å². The Labute approximate surface area is 254 Å². The third-order valence-corrected chi connectivity index (χ3v) is 8.60. The van der Waals surface area contributed by atoms with Gasteiger partial charge in [-0.2, -0.15) is 11.8 Å².